The van der Waals surface area contributed by atoms with Crippen molar-refractivity contribution in [2.75, 3.05) is 19.6 Å². The Hall–Kier alpha value is -0.967. The van der Waals surface area contributed by atoms with E-state index in [0.717, 1.165) is 37.4 Å². The van der Waals surface area contributed by atoms with Gasteiger partial charge < -0.3 is 0 Å². The second-order valence-corrected chi connectivity index (χ2v) is 13.5. The molecule has 6 aliphatic heterocycles. The quantitative estimate of drug-likeness (QED) is 0.583. The zero-order valence-electron chi connectivity index (χ0n) is 14.5. The second kappa shape index (κ2) is 5.77. The monoisotopic (exact) mass is 429 g/mol. The molecule has 25 heavy (non-hydrogen) atoms. The minimum atomic E-state index is -1.19. The van der Waals surface area contributed by atoms with E-state index in [0.29, 0.717) is 13.9 Å². The Kier molecular flexibility index (Phi) is 3.49. The molecule has 6 nitrogen and oxygen atoms in total. The first-order chi connectivity index (χ1) is 12.3. The van der Waals surface area contributed by atoms with E-state index in [1.807, 2.05) is 0 Å². The molecule has 0 aliphatic carbocycles. The van der Waals surface area contributed by atoms with Gasteiger partial charge in [-0.05, 0) is 0 Å². The Morgan fingerprint density at radius 1 is 0.600 bits per heavy atom. The van der Waals surface area contributed by atoms with Crippen molar-refractivity contribution in [3.05, 3.63) is 0 Å². The molecule has 0 aromatic rings. The number of rotatable bonds is 3. The van der Waals surface area contributed by atoms with Gasteiger partial charge in [0.05, 0.1) is 0 Å². The molecule has 3 fully saturated rings. The van der Waals surface area contributed by atoms with Crippen LogP contribution >= 0.6 is 0 Å². The molecule has 0 saturated carbocycles. The van der Waals surface area contributed by atoms with Gasteiger partial charge in [0.15, 0.2) is 0 Å². The molecule has 0 bridgehead atoms. The molecule has 6 aliphatic rings. The maximum absolute atomic E-state index is 4.74. The van der Waals surface area contributed by atoms with Crippen LogP contribution in [-0.4, -0.2) is 51.0 Å². The first kappa shape index (κ1) is 15.1. The average molecular weight is 429 g/mol. The molecule has 3 N–H and O–H groups in total. The number of fused-ring (bicyclic) bond motifs is 3. The van der Waals surface area contributed by atoms with Crippen LogP contribution in [-0.2, 0) is 16.0 Å². The molecule has 6 atom stereocenters. The van der Waals surface area contributed by atoms with Crippen molar-refractivity contribution in [3.8, 4) is 0 Å². The third-order valence-corrected chi connectivity index (χ3v) is 12.8. The summed E-state index contributed by atoms with van der Waals surface area (Å²) in [6.07, 6.45) is 7.76. The Labute approximate surface area is 154 Å². The molecule has 6 rings (SSSR count). The van der Waals surface area contributed by atoms with Crippen molar-refractivity contribution in [1.82, 2.24) is 16.0 Å². The van der Waals surface area contributed by atoms with Crippen LogP contribution in [0.5, 0.6) is 0 Å². The van der Waals surface area contributed by atoms with Gasteiger partial charge in [0.25, 0.3) is 0 Å². The molecular weight excluding hydrogens is 401 g/mol. The molecule has 6 heterocycles. The summed E-state index contributed by atoms with van der Waals surface area (Å²) >= 11 is -1.19. The SMILES string of the molecule is C1CC2C[CH]([Ru]([CH]3CC4CCN=C4N3)[CH]3CC4CCN=C4N3)NC2=N1. The summed E-state index contributed by atoms with van der Waals surface area (Å²) in [5.41, 5.74) is 0. The fraction of sp³-hybridized carbons (Fsp3) is 0.833. The van der Waals surface area contributed by atoms with Gasteiger partial charge in [-0.1, -0.05) is 0 Å². The molecular formula is C18H27N6Ru. The molecule has 7 heteroatoms. The van der Waals surface area contributed by atoms with Gasteiger partial charge in [0, 0.05) is 0 Å². The summed E-state index contributed by atoms with van der Waals surface area (Å²) in [5, 5.41) is 11.7. The van der Waals surface area contributed by atoms with Gasteiger partial charge in [0.2, 0.25) is 0 Å². The minimum absolute atomic E-state index is 0.683. The van der Waals surface area contributed by atoms with Crippen molar-refractivity contribution < 1.29 is 16.0 Å². The number of aliphatic imine (C=N–C) groups is 3. The molecule has 3 saturated heterocycles. The van der Waals surface area contributed by atoms with Crippen molar-refractivity contribution in [3.63, 3.8) is 0 Å². The Balaban J connectivity index is 1.28. The van der Waals surface area contributed by atoms with E-state index >= 15 is 0 Å². The van der Waals surface area contributed by atoms with Crippen LogP contribution < -0.4 is 16.0 Å². The van der Waals surface area contributed by atoms with E-state index in [2.05, 4.69) is 16.0 Å². The van der Waals surface area contributed by atoms with Crippen LogP contribution in [0.2, 0.25) is 0 Å². The van der Waals surface area contributed by atoms with Gasteiger partial charge in [-0.15, -0.1) is 0 Å². The van der Waals surface area contributed by atoms with Gasteiger partial charge in [-0.3, -0.25) is 0 Å². The standard InChI is InChI=1S/3C6H9N2.Ru/c3*1-3-7-6-5(1)2-4-8-6;/h3*3,5H,1-2,4H2,(H,7,8);. The molecule has 0 radical (unpaired) electrons. The number of amidine groups is 3. The van der Waals surface area contributed by atoms with Gasteiger partial charge >= 0.3 is 154 Å². The summed E-state index contributed by atoms with van der Waals surface area (Å²) in [7, 11) is 0. The Morgan fingerprint density at radius 2 is 0.960 bits per heavy atom. The van der Waals surface area contributed by atoms with E-state index in [-0.39, 0.29) is 0 Å². The number of nitrogens with one attached hydrogen (secondary N) is 3. The Morgan fingerprint density at radius 3 is 1.28 bits per heavy atom. The molecule has 0 amide bonds. The van der Waals surface area contributed by atoms with Crippen molar-refractivity contribution >= 4 is 17.5 Å². The van der Waals surface area contributed by atoms with E-state index < -0.39 is 16.0 Å². The van der Waals surface area contributed by atoms with Crippen LogP contribution in [0.15, 0.2) is 15.0 Å². The number of nitrogens with zero attached hydrogens (tertiary/aromatic N) is 3. The van der Waals surface area contributed by atoms with Crippen molar-refractivity contribution in [1.29, 1.82) is 0 Å². The maximum atomic E-state index is 4.74. The van der Waals surface area contributed by atoms with Crippen LogP contribution in [0.25, 0.3) is 0 Å². The average Bonchev–Trinajstić information content (AvgIpc) is 3.35. The second-order valence-electron chi connectivity index (χ2n) is 8.10. The summed E-state index contributed by atoms with van der Waals surface area (Å²) < 4.78 is 2.05. The Bertz CT molecular complexity index is 582. The molecule has 0 aromatic carbocycles. The van der Waals surface area contributed by atoms with Crippen LogP contribution in [0, 0.1) is 17.8 Å². The van der Waals surface area contributed by atoms with E-state index in [4.69, 9.17) is 15.0 Å². The first-order valence-corrected chi connectivity index (χ1v) is 12.9. The van der Waals surface area contributed by atoms with Gasteiger partial charge in [0.1, 0.15) is 0 Å². The summed E-state index contributed by atoms with van der Waals surface area (Å²) in [6, 6.07) is 0. The fourth-order valence-electron chi connectivity index (χ4n) is 5.36. The molecule has 137 valence electrons. The van der Waals surface area contributed by atoms with E-state index in [1.54, 1.807) is 0 Å². The van der Waals surface area contributed by atoms with Crippen molar-refractivity contribution in [2.24, 2.45) is 32.7 Å². The predicted molar refractivity (Wildman–Crippen MR) is 95.8 cm³/mol. The third-order valence-electron chi connectivity index (χ3n) is 6.65. The molecule has 0 aromatic heterocycles. The zero-order chi connectivity index (χ0) is 16.4. The van der Waals surface area contributed by atoms with E-state index in [9.17, 15) is 0 Å². The fourth-order valence-corrected chi connectivity index (χ4v) is 12.4. The van der Waals surface area contributed by atoms with Crippen LogP contribution in [0.3, 0.4) is 0 Å². The van der Waals surface area contributed by atoms with E-state index in [1.165, 1.54) is 56.0 Å². The summed E-state index contributed by atoms with van der Waals surface area (Å²) in [4.78, 5) is 14.2. The van der Waals surface area contributed by atoms with Gasteiger partial charge in [-0.2, -0.15) is 0 Å². The summed E-state index contributed by atoms with van der Waals surface area (Å²) in [6.45, 7) is 3.11. The third kappa shape index (κ3) is 2.41. The van der Waals surface area contributed by atoms with Gasteiger partial charge in [-0.25, -0.2) is 0 Å². The zero-order valence-corrected chi connectivity index (χ0v) is 16.3. The summed E-state index contributed by atoms with van der Waals surface area (Å²) in [5.74, 6) is 6.15. The number of hydrogen-bond donors (Lipinski definition) is 3. The van der Waals surface area contributed by atoms with Crippen LogP contribution in [0.1, 0.15) is 38.5 Å². The molecule has 6 unspecified atom stereocenters. The normalized spacial score (nSPS) is 44.2. The van der Waals surface area contributed by atoms with Crippen LogP contribution in [0.4, 0.5) is 0 Å². The number of hydrogen-bond acceptors (Lipinski definition) is 6. The molecule has 0 spiro atoms. The first-order valence-electron chi connectivity index (χ1n) is 9.89. The topological polar surface area (TPSA) is 73.2 Å². The van der Waals surface area contributed by atoms with Crippen molar-refractivity contribution in [2.45, 2.75) is 52.4 Å². The predicted octanol–water partition coefficient (Wildman–Crippen LogP) is 0.818.